The smallest absolute Gasteiger partial charge is 0.263 e. The van der Waals surface area contributed by atoms with Crippen LogP contribution in [0.5, 0.6) is 5.75 Å². The number of nitrogens with zero attached hydrogens (tertiary/aromatic N) is 3. The molecule has 5 nitrogen and oxygen atoms in total. The lowest BCUT2D eigenvalue weighted by molar-refractivity contribution is -0.142. The lowest BCUT2D eigenvalue weighted by Gasteiger charge is -2.40. The molecule has 144 valence electrons. The van der Waals surface area contributed by atoms with Crippen LogP contribution in [-0.2, 0) is 11.3 Å². The molecule has 0 spiro atoms. The highest BCUT2D eigenvalue weighted by Gasteiger charge is 2.37. The van der Waals surface area contributed by atoms with E-state index < -0.39 is 6.10 Å². The quantitative estimate of drug-likeness (QED) is 0.661. The van der Waals surface area contributed by atoms with Gasteiger partial charge in [0.1, 0.15) is 11.6 Å². The summed E-state index contributed by atoms with van der Waals surface area (Å²) in [7, 11) is 0. The number of aryl methyl sites for hydroxylation is 1. The van der Waals surface area contributed by atoms with Gasteiger partial charge in [-0.25, -0.2) is 4.98 Å². The predicted molar refractivity (Wildman–Crippen MR) is 108 cm³/mol. The Morgan fingerprint density at radius 3 is 2.43 bits per heavy atom. The molecule has 2 aromatic carbocycles. The van der Waals surface area contributed by atoms with Crippen molar-refractivity contribution in [3.63, 3.8) is 0 Å². The largest absolute Gasteiger partial charge is 0.481 e. The van der Waals surface area contributed by atoms with Gasteiger partial charge < -0.3 is 14.2 Å². The first-order valence-electron chi connectivity index (χ1n) is 9.68. The van der Waals surface area contributed by atoms with E-state index in [2.05, 4.69) is 40.7 Å². The number of hydrogen-bond donors (Lipinski definition) is 0. The Hall–Kier alpha value is -3.08. The van der Waals surface area contributed by atoms with Crippen LogP contribution in [0.2, 0.25) is 0 Å². The second-order valence-electron chi connectivity index (χ2n) is 7.34. The maximum atomic E-state index is 12.7. The molecular formula is C23H25N3O2. The van der Waals surface area contributed by atoms with Crippen molar-refractivity contribution in [2.24, 2.45) is 0 Å². The maximum Gasteiger partial charge on any atom is 0.263 e. The number of benzene rings is 2. The summed E-state index contributed by atoms with van der Waals surface area (Å²) in [6.07, 6.45) is 1.43. The summed E-state index contributed by atoms with van der Waals surface area (Å²) < 4.78 is 8.02. The molecule has 2 heterocycles. The second-order valence-corrected chi connectivity index (χ2v) is 7.34. The Balaban J connectivity index is 1.38. The molecule has 1 saturated heterocycles. The molecule has 5 heteroatoms. The first-order chi connectivity index (χ1) is 13.6. The van der Waals surface area contributed by atoms with Crippen molar-refractivity contribution >= 4 is 5.91 Å². The monoisotopic (exact) mass is 375 g/mol. The number of rotatable bonds is 6. The van der Waals surface area contributed by atoms with E-state index in [0.29, 0.717) is 13.1 Å². The van der Waals surface area contributed by atoms with Crippen molar-refractivity contribution in [3.05, 3.63) is 83.9 Å². The molecule has 1 aromatic heterocycles. The molecule has 0 bridgehead atoms. The van der Waals surface area contributed by atoms with Gasteiger partial charge in [-0.2, -0.15) is 0 Å². The fourth-order valence-corrected chi connectivity index (χ4v) is 3.61. The molecule has 1 unspecified atom stereocenters. The fraction of sp³-hybridized carbons (Fsp3) is 0.304. The Morgan fingerprint density at radius 2 is 1.75 bits per heavy atom. The summed E-state index contributed by atoms with van der Waals surface area (Å²) in [5.74, 6) is 2.07. The van der Waals surface area contributed by atoms with Gasteiger partial charge in [0.15, 0.2) is 6.10 Å². The minimum absolute atomic E-state index is 0.0259. The van der Waals surface area contributed by atoms with E-state index in [1.54, 1.807) is 0 Å². The highest BCUT2D eigenvalue weighted by atomic mass is 16.5. The number of hydrogen-bond acceptors (Lipinski definition) is 3. The average Bonchev–Trinajstić information content (AvgIpc) is 3.02. The van der Waals surface area contributed by atoms with Gasteiger partial charge in [-0.05, 0) is 31.5 Å². The van der Waals surface area contributed by atoms with Crippen LogP contribution in [0.3, 0.4) is 0 Å². The molecular weight excluding hydrogens is 350 g/mol. The third kappa shape index (κ3) is 3.79. The van der Waals surface area contributed by atoms with E-state index in [-0.39, 0.29) is 11.8 Å². The molecule has 28 heavy (non-hydrogen) atoms. The van der Waals surface area contributed by atoms with Crippen molar-refractivity contribution in [3.8, 4) is 5.75 Å². The standard InChI is InChI=1S/C23H25N3O2/c1-17-13-24-22(26(17)14-19-9-5-3-6-10-19)20-15-25(16-20)23(27)18(2)28-21-11-7-4-8-12-21/h3-13,18,20H,14-16H2,1-2H3. The Morgan fingerprint density at radius 1 is 1.11 bits per heavy atom. The number of carbonyl (C=O) groups is 1. The summed E-state index contributed by atoms with van der Waals surface area (Å²) in [6, 6.07) is 19.9. The Kier molecular flexibility index (Phi) is 5.15. The molecule has 0 radical (unpaired) electrons. The van der Waals surface area contributed by atoms with Gasteiger partial charge >= 0.3 is 0 Å². The molecule has 0 aliphatic carbocycles. The number of para-hydroxylation sites is 1. The Labute approximate surface area is 165 Å². The van der Waals surface area contributed by atoms with Crippen LogP contribution in [0.25, 0.3) is 0 Å². The van der Waals surface area contributed by atoms with E-state index in [1.807, 2.05) is 54.4 Å². The van der Waals surface area contributed by atoms with Gasteiger partial charge in [-0.3, -0.25) is 4.79 Å². The first-order valence-corrected chi connectivity index (χ1v) is 9.68. The summed E-state index contributed by atoms with van der Waals surface area (Å²) in [5.41, 5.74) is 2.39. The van der Waals surface area contributed by atoms with Crippen molar-refractivity contribution in [1.82, 2.24) is 14.5 Å². The van der Waals surface area contributed by atoms with E-state index >= 15 is 0 Å². The van der Waals surface area contributed by atoms with Gasteiger partial charge in [-0.15, -0.1) is 0 Å². The maximum absolute atomic E-state index is 12.7. The van der Waals surface area contributed by atoms with Gasteiger partial charge in [0.2, 0.25) is 0 Å². The van der Waals surface area contributed by atoms with Crippen LogP contribution in [0.15, 0.2) is 66.9 Å². The number of aromatic nitrogens is 2. The summed E-state index contributed by atoms with van der Waals surface area (Å²) in [6.45, 7) is 6.07. The number of ether oxygens (including phenoxy) is 1. The van der Waals surface area contributed by atoms with Crippen LogP contribution in [0.1, 0.15) is 29.9 Å². The van der Waals surface area contributed by atoms with Crippen molar-refractivity contribution in [2.75, 3.05) is 13.1 Å². The minimum Gasteiger partial charge on any atom is -0.481 e. The molecule has 3 aromatic rings. The van der Waals surface area contributed by atoms with Crippen molar-refractivity contribution < 1.29 is 9.53 Å². The molecule has 1 aliphatic rings. The van der Waals surface area contributed by atoms with Crippen molar-refractivity contribution in [2.45, 2.75) is 32.4 Å². The van der Waals surface area contributed by atoms with Gasteiger partial charge in [0, 0.05) is 31.5 Å². The Bertz CT molecular complexity index is 931. The van der Waals surface area contributed by atoms with E-state index in [0.717, 1.165) is 23.8 Å². The first kappa shape index (κ1) is 18.3. The molecule has 1 amide bonds. The predicted octanol–water partition coefficient (Wildman–Crippen LogP) is 3.63. The SMILES string of the molecule is Cc1cnc(C2CN(C(=O)C(C)Oc3ccccc3)C2)n1Cc1ccccc1. The number of carbonyl (C=O) groups excluding carboxylic acids is 1. The molecule has 4 rings (SSSR count). The molecule has 0 N–H and O–H groups in total. The number of amides is 1. The second kappa shape index (κ2) is 7.89. The van der Waals surface area contributed by atoms with Crippen LogP contribution < -0.4 is 4.74 Å². The summed E-state index contributed by atoms with van der Waals surface area (Å²) in [5, 5.41) is 0. The molecule has 0 saturated carbocycles. The molecule has 1 aliphatic heterocycles. The normalized spacial score (nSPS) is 15.1. The van der Waals surface area contributed by atoms with E-state index in [9.17, 15) is 4.79 Å². The zero-order chi connectivity index (χ0) is 19.5. The lowest BCUT2D eigenvalue weighted by Crippen LogP contribution is -2.53. The zero-order valence-corrected chi connectivity index (χ0v) is 16.3. The fourth-order valence-electron chi connectivity index (χ4n) is 3.61. The number of likely N-dealkylation sites (tertiary alicyclic amines) is 1. The van der Waals surface area contributed by atoms with E-state index in [4.69, 9.17) is 4.74 Å². The van der Waals surface area contributed by atoms with Crippen LogP contribution in [-0.4, -0.2) is 39.6 Å². The summed E-state index contributed by atoms with van der Waals surface area (Å²) in [4.78, 5) is 19.2. The van der Waals surface area contributed by atoms with Gasteiger partial charge in [-0.1, -0.05) is 48.5 Å². The topological polar surface area (TPSA) is 47.4 Å². The van der Waals surface area contributed by atoms with Gasteiger partial charge in [0.25, 0.3) is 5.91 Å². The summed E-state index contributed by atoms with van der Waals surface area (Å²) >= 11 is 0. The lowest BCUT2D eigenvalue weighted by atomic mass is 9.98. The zero-order valence-electron chi connectivity index (χ0n) is 16.3. The third-order valence-corrected chi connectivity index (χ3v) is 5.23. The van der Waals surface area contributed by atoms with Crippen LogP contribution in [0.4, 0.5) is 0 Å². The van der Waals surface area contributed by atoms with Crippen molar-refractivity contribution in [1.29, 1.82) is 0 Å². The highest BCUT2D eigenvalue weighted by molar-refractivity contribution is 5.81. The van der Waals surface area contributed by atoms with Crippen LogP contribution >= 0.6 is 0 Å². The minimum atomic E-state index is -0.492. The van der Waals surface area contributed by atoms with Gasteiger partial charge in [0.05, 0.1) is 5.92 Å². The highest BCUT2D eigenvalue weighted by Crippen LogP contribution is 2.28. The number of imidazole rings is 1. The third-order valence-electron chi connectivity index (χ3n) is 5.23. The molecule has 1 atom stereocenters. The average molecular weight is 375 g/mol. The molecule has 1 fully saturated rings. The van der Waals surface area contributed by atoms with E-state index in [1.165, 1.54) is 5.56 Å². The van der Waals surface area contributed by atoms with Crippen LogP contribution in [0, 0.1) is 6.92 Å².